The predicted octanol–water partition coefficient (Wildman–Crippen LogP) is 3.21. The summed E-state index contributed by atoms with van der Waals surface area (Å²) < 4.78 is 12.5. The molecule has 1 aromatic heterocycles. The fourth-order valence-corrected chi connectivity index (χ4v) is 2.16. The molecule has 0 saturated heterocycles. The number of hydrogen-bond acceptors (Lipinski definition) is 4. The minimum Gasteiger partial charge on any atom is -0.472 e. The number of benzene rings is 1. The molecule has 1 aromatic carbocycles. The number of nitrogens with zero attached hydrogens (tertiary/aromatic N) is 2. The summed E-state index contributed by atoms with van der Waals surface area (Å²) in [7, 11) is 1.82. The number of carbonyl (C=O) groups is 1. The first-order chi connectivity index (χ1) is 10.5. The maximum atomic E-state index is 12.1. The zero-order valence-corrected chi connectivity index (χ0v) is 13.1. The van der Waals surface area contributed by atoms with Crippen LogP contribution in [0.3, 0.4) is 0 Å². The largest absolute Gasteiger partial charge is 0.472 e. The average molecular weight is 300 g/mol. The molecule has 0 radical (unpaired) electrons. The van der Waals surface area contributed by atoms with E-state index in [0.29, 0.717) is 18.1 Å². The Kier molecular flexibility index (Phi) is 4.99. The quantitative estimate of drug-likeness (QED) is 0.769. The van der Waals surface area contributed by atoms with Crippen LogP contribution >= 0.6 is 0 Å². The van der Waals surface area contributed by atoms with E-state index in [1.54, 1.807) is 29.9 Å². The van der Waals surface area contributed by atoms with Gasteiger partial charge >= 0.3 is 5.97 Å². The summed E-state index contributed by atoms with van der Waals surface area (Å²) in [5, 5.41) is 4.17. The van der Waals surface area contributed by atoms with Crippen LogP contribution in [0.15, 0.2) is 37.0 Å². The van der Waals surface area contributed by atoms with Crippen LogP contribution in [0.4, 0.5) is 0 Å². The summed E-state index contributed by atoms with van der Waals surface area (Å²) in [6.07, 6.45) is 1.80. The van der Waals surface area contributed by atoms with E-state index >= 15 is 0 Å². The molecule has 22 heavy (non-hydrogen) atoms. The third-order valence-corrected chi connectivity index (χ3v) is 3.18. The predicted molar refractivity (Wildman–Crippen MR) is 84.6 cm³/mol. The van der Waals surface area contributed by atoms with Gasteiger partial charge in [-0.15, -0.1) is 5.10 Å². The number of aryl methyl sites for hydroxylation is 1. The van der Waals surface area contributed by atoms with Gasteiger partial charge in [0.05, 0.1) is 12.2 Å². The maximum absolute atomic E-state index is 12.1. The molecule has 2 rings (SSSR count). The van der Waals surface area contributed by atoms with Crippen molar-refractivity contribution in [2.24, 2.45) is 7.05 Å². The molecule has 0 aliphatic carbocycles. The summed E-state index contributed by atoms with van der Waals surface area (Å²) in [5.74, 6) is 0.152. The standard InChI is InChI=1S/C17H20N2O3/c1-5-21-17(20)14-8-6-7-13(12(2)3)15(14)11-22-16-9-10-19(4)18-16/h6-10H,2,5,11H2,1,3-4H3. The fourth-order valence-electron chi connectivity index (χ4n) is 2.16. The first-order valence-corrected chi connectivity index (χ1v) is 7.10. The van der Waals surface area contributed by atoms with Crippen LogP contribution in [0.25, 0.3) is 5.57 Å². The molecular formula is C17H20N2O3. The van der Waals surface area contributed by atoms with Crippen molar-refractivity contribution >= 4 is 11.5 Å². The lowest BCUT2D eigenvalue weighted by atomic mass is 9.97. The lowest BCUT2D eigenvalue weighted by molar-refractivity contribution is 0.0523. The number of hydrogen-bond donors (Lipinski definition) is 0. The highest BCUT2D eigenvalue weighted by Crippen LogP contribution is 2.23. The van der Waals surface area contributed by atoms with Crippen molar-refractivity contribution in [1.29, 1.82) is 0 Å². The lowest BCUT2D eigenvalue weighted by Crippen LogP contribution is -2.12. The van der Waals surface area contributed by atoms with Gasteiger partial charge in [0.15, 0.2) is 0 Å². The van der Waals surface area contributed by atoms with Crippen molar-refractivity contribution in [3.8, 4) is 5.88 Å². The molecular weight excluding hydrogens is 280 g/mol. The number of allylic oxidation sites excluding steroid dienone is 1. The Morgan fingerprint density at radius 1 is 1.32 bits per heavy atom. The molecule has 0 N–H and O–H groups in total. The van der Waals surface area contributed by atoms with Crippen molar-refractivity contribution in [2.45, 2.75) is 20.5 Å². The molecule has 0 bridgehead atoms. The number of esters is 1. The molecule has 0 fully saturated rings. The average Bonchev–Trinajstić information content (AvgIpc) is 2.90. The molecule has 0 spiro atoms. The Balaban J connectivity index is 2.32. The number of ether oxygens (including phenoxy) is 2. The van der Waals surface area contributed by atoms with Gasteiger partial charge in [-0.2, -0.15) is 0 Å². The number of aromatic nitrogens is 2. The van der Waals surface area contributed by atoms with Gasteiger partial charge in [-0.1, -0.05) is 24.3 Å². The first kappa shape index (κ1) is 15.8. The third-order valence-electron chi connectivity index (χ3n) is 3.18. The van der Waals surface area contributed by atoms with E-state index in [-0.39, 0.29) is 12.6 Å². The SMILES string of the molecule is C=C(C)c1cccc(C(=O)OCC)c1COc1ccn(C)n1. The molecule has 5 nitrogen and oxygen atoms in total. The van der Waals surface area contributed by atoms with Gasteiger partial charge < -0.3 is 9.47 Å². The fraction of sp³-hybridized carbons (Fsp3) is 0.294. The highest BCUT2D eigenvalue weighted by Gasteiger charge is 2.17. The van der Waals surface area contributed by atoms with Crippen LogP contribution in [0.1, 0.15) is 35.3 Å². The minimum atomic E-state index is -0.356. The van der Waals surface area contributed by atoms with Gasteiger partial charge in [0.25, 0.3) is 0 Å². The molecule has 0 amide bonds. The van der Waals surface area contributed by atoms with E-state index in [1.165, 1.54) is 0 Å². The maximum Gasteiger partial charge on any atom is 0.338 e. The second kappa shape index (κ2) is 6.93. The Bertz CT molecular complexity index is 689. The van der Waals surface area contributed by atoms with Crippen LogP contribution in [-0.4, -0.2) is 22.4 Å². The van der Waals surface area contributed by atoms with E-state index in [1.807, 2.05) is 26.1 Å². The highest BCUT2D eigenvalue weighted by atomic mass is 16.5. The molecule has 0 unspecified atom stereocenters. The van der Waals surface area contributed by atoms with E-state index in [4.69, 9.17) is 9.47 Å². The molecule has 0 atom stereocenters. The molecule has 1 heterocycles. The van der Waals surface area contributed by atoms with Crippen molar-refractivity contribution in [2.75, 3.05) is 6.61 Å². The van der Waals surface area contributed by atoms with Crippen molar-refractivity contribution in [1.82, 2.24) is 9.78 Å². The summed E-state index contributed by atoms with van der Waals surface area (Å²) in [6, 6.07) is 7.25. The summed E-state index contributed by atoms with van der Waals surface area (Å²) in [6.45, 7) is 8.20. The molecule has 0 aliphatic rings. The molecule has 0 saturated carbocycles. The molecule has 0 aliphatic heterocycles. The van der Waals surface area contributed by atoms with E-state index in [9.17, 15) is 4.79 Å². The summed E-state index contributed by atoms with van der Waals surface area (Å²) in [4.78, 5) is 12.1. The summed E-state index contributed by atoms with van der Waals surface area (Å²) in [5.41, 5.74) is 3.02. The van der Waals surface area contributed by atoms with Crippen molar-refractivity contribution in [3.05, 3.63) is 53.7 Å². The van der Waals surface area contributed by atoms with Crippen molar-refractivity contribution < 1.29 is 14.3 Å². The lowest BCUT2D eigenvalue weighted by Gasteiger charge is -2.14. The summed E-state index contributed by atoms with van der Waals surface area (Å²) >= 11 is 0. The molecule has 5 heteroatoms. The Morgan fingerprint density at radius 3 is 2.64 bits per heavy atom. The van der Waals surface area contributed by atoms with Crippen LogP contribution in [0, 0.1) is 0 Å². The van der Waals surface area contributed by atoms with Gasteiger partial charge in [0, 0.05) is 24.9 Å². The van der Waals surface area contributed by atoms with Crippen LogP contribution < -0.4 is 4.74 Å². The van der Waals surface area contributed by atoms with Gasteiger partial charge in [-0.05, 0) is 25.5 Å². The zero-order valence-electron chi connectivity index (χ0n) is 13.1. The second-order valence-corrected chi connectivity index (χ2v) is 4.95. The Labute approximate surface area is 130 Å². The Morgan fingerprint density at radius 2 is 2.05 bits per heavy atom. The van der Waals surface area contributed by atoms with E-state index < -0.39 is 0 Å². The molecule has 116 valence electrons. The zero-order chi connectivity index (χ0) is 16.1. The van der Waals surface area contributed by atoms with Crippen LogP contribution in [-0.2, 0) is 18.4 Å². The topological polar surface area (TPSA) is 53.4 Å². The van der Waals surface area contributed by atoms with Gasteiger partial charge in [-0.3, -0.25) is 4.68 Å². The first-order valence-electron chi connectivity index (χ1n) is 7.10. The van der Waals surface area contributed by atoms with Crippen molar-refractivity contribution in [3.63, 3.8) is 0 Å². The highest BCUT2D eigenvalue weighted by molar-refractivity contribution is 5.92. The molecule has 2 aromatic rings. The number of carbonyl (C=O) groups excluding carboxylic acids is 1. The van der Waals surface area contributed by atoms with E-state index in [2.05, 4.69) is 11.7 Å². The third kappa shape index (κ3) is 3.55. The second-order valence-electron chi connectivity index (χ2n) is 4.95. The minimum absolute atomic E-state index is 0.230. The smallest absolute Gasteiger partial charge is 0.338 e. The van der Waals surface area contributed by atoms with Crippen LogP contribution in [0.5, 0.6) is 5.88 Å². The van der Waals surface area contributed by atoms with E-state index in [0.717, 1.165) is 16.7 Å². The van der Waals surface area contributed by atoms with Gasteiger partial charge in [0.2, 0.25) is 5.88 Å². The number of rotatable bonds is 6. The van der Waals surface area contributed by atoms with Crippen LogP contribution in [0.2, 0.25) is 0 Å². The Hall–Kier alpha value is -2.56. The van der Waals surface area contributed by atoms with Gasteiger partial charge in [-0.25, -0.2) is 4.79 Å². The monoisotopic (exact) mass is 300 g/mol. The normalized spacial score (nSPS) is 10.3. The van der Waals surface area contributed by atoms with Gasteiger partial charge in [0.1, 0.15) is 6.61 Å².